The lowest BCUT2D eigenvalue weighted by atomic mass is 10.0. The Morgan fingerprint density at radius 3 is 2.67 bits per heavy atom. The molecule has 0 amide bonds. The SMILES string of the molecule is CC(C)c1cc(Br)ccc1Oc1nc(N)ccc1[N+](=O)[O-]. The highest BCUT2D eigenvalue weighted by atomic mass is 79.9. The molecular weight excluding hydrogens is 338 g/mol. The van der Waals surface area contributed by atoms with Gasteiger partial charge in [-0.2, -0.15) is 4.98 Å². The fraction of sp³-hybridized carbons (Fsp3) is 0.214. The summed E-state index contributed by atoms with van der Waals surface area (Å²) in [7, 11) is 0. The molecular formula is C14H14BrN3O3. The predicted molar refractivity (Wildman–Crippen MR) is 83.6 cm³/mol. The molecule has 0 unspecified atom stereocenters. The number of aromatic nitrogens is 1. The van der Waals surface area contributed by atoms with Crippen molar-refractivity contribution in [2.24, 2.45) is 0 Å². The van der Waals surface area contributed by atoms with Gasteiger partial charge in [0.2, 0.25) is 0 Å². The van der Waals surface area contributed by atoms with Gasteiger partial charge in [-0.1, -0.05) is 29.8 Å². The van der Waals surface area contributed by atoms with Crippen molar-refractivity contribution < 1.29 is 9.66 Å². The van der Waals surface area contributed by atoms with Crippen molar-refractivity contribution in [2.45, 2.75) is 19.8 Å². The van der Waals surface area contributed by atoms with Gasteiger partial charge in [0.05, 0.1) is 4.92 Å². The number of nitrogens with zero attached hydrogens (tertiary/aromatic N) is 2. The van der Waals surface area contributed by atoms with Gasteiger partial charge in [0.25, 0.3) is 0 Å². The zero-order valence-electron chi connectivity index (χ0n) is 11.5. The molecule has 0 spiro atoms. The summed E-state index contributed by atoms with van der Waals surface area (Å²) in [5.41, 5.74) is 6.28. The van der Waals surface area contributed by atoms with Crippen molar-refractivity contribution in [3.8, 4) is 11.6 Å². The Labute approximate surface area is 130 Å². The third kappa shape index (κ3) is 3.49. The molecule has 0 bridgehead atoms. The van der Waals surface area contributed by atoms with Crippen LogP contribution in [0.2, 0.25) is 0 Å². The number of benzene rings is 1. The Hall–Kier alpha value is -2.15. The molecule has 2 aromatic rings. The van der Waals surface area contributed by atoms with Crippen LogP contribution in [0.4, 0.5) is 11.5 Å². The standard InChI is InChI=1S/C14H14BrN3O3/c1-8(2)10-7-9(15)3-5-12(10)21-14-11(18(19)20)4-6-13(16)17-14/h3-8H,1-2H3,(H2,16,17). The number of pyridine rings is 1. The number of ether oxygens (including phenoxy) is 1. The van der Waals surface area contributed by atoms with Gasteiger partial charge in [-0.05, 0) is 35.7 Å². The monoisotopic (exact) mass is 351 g/mol. The van der Waals surface area contributed by atoms with Gasteiger partial charge in [-0.3, -0.25) is 10.1 Å². The van der Waals surface area contributed by atoms with E-state index in [0.29, 0.717) is 5.75 Å². The average molecular weight is 352 g/mol. The van der Waals surface area contributed by atoms with E-state index < -0.39 is 4.92 Å². The molecule has 1 aromatic carbocycles. The largest absolute Gasteiger partial charge is 0.433 e. The summed E-state index contributed by atoms with van der Waals surface area (Å²) < 4.78 is 6.56. The van der Waals surface area contributed by atoms with E-state index in [2.05, 4.69) is 20.9 Å². The van der Waals surface area contributed by atoms with E-state index in [4.69, 9.17) is 10.5 Å². The minimum atomic E-state index is -0.546. The zero-order valence-corrected chi connectivity index (χ0v) is 13.1. The summed E-state index contributed by atoms with van der Waals surface area (Å²) in [6.45, 7) is 4.02. The molecule has 1 heterocycles. The van der Waals surface area contributed by atoms with Crippen LogP contribution in [0.3, 0.4) is 0 Å². The third-order valence-corrected chi connectivity index (χ3v) is 3.35. The van der Waals surface area contributed by atoms with Crippen LogP contribution in [0.15, 0.2) is 34.8 Å². The Kier molecular flexibility index (Phi) is 4.42. The van der Waals surface area contributed by atoms with E-state index in [0.717, 1.165) is 10.0 Å². The average Bonchev–Trinajstić information content (AvgIpc) is 2.40. The van der Waals surface area contributed by atoms with Crippen LogP contribution >= 0.6 is 15.9 Å². The van der Waals surface area contributed by atoms with Crippen LogP contribution in [-0.2, 0) is 0 Å². The summed E-state index contributed by atoms with van der Waals surface area (Å²) in [6.07, 6.45) is 0. The molecule has 2 N–H and O–H groups in total. The number of rotatable bonds is 4. The topological polar surface area (TPSA) is 91.3 Å². The number of nitrogens with two attached hydrogens (primary N) is 1. The number of hydrogen-bond acceptors (Lipinski definition) is 5. The predicted octanol–water partition coefficient (Wildman–Crippen LogP) is 4.25. The highest BCUT2D eigenvalue weighted by molar-refractivity contribution is 9.10. The highest BCUT2D eigenvalue weighted by Gasteiger charge is 2.20. The second-order valence-corrected chi connectivity index (χ2v) is 5.67. The van der Waals surface area contributed by atoms with E-state index in [-0.39, 0.29) is 23.3 Å². The second-order valence-electron chi connectivity index (χ2n) is 4.76. The van der Waals surface area contributed by atoms with Gasteiger partial charge in [0.1, 0.15) is 11.6 Å². The van der Waals surface area contributed by atoms with Crippen LogP contribution in [-0.4, -0.2) is 9.91 Å². The molecule has 110 valence electrons. The molecule has 2 rings (SSSR count). The first kappa shape index (κ1) is 15.2. The maximum Gasteiger partial charge on any atom is 0.331 e. The Morgan fingerprint density at radius 2 is 2.05 bits per heavy atom. The summed E-state index contributed by atoms with van der Waals surface area (Å²) in [5.74, 6) is 0.773. The fourth-order valence-electron chi connectivity index (χ4n) is 1.83. The second kappa shape index (κ2) is 6.09. The van der Waals surface area contributed by atoms with Gasteiger partial charge in [-0.25, -0.2) is 0 Å². The van der Waals surface area contributed by atoms with E-state index in [9.17, 15) is 10.1 Å². The highest BCUT2D eigenvalue weighted by Crippen LogP contribution is 2.35. The molecule has 0 saturated carbocycles. The maximum atomic E-state index is 11.0. The lowest BCUT2D eigenvalue weighted by Crippen LogP contribution is -2.01. The Balaban J connectivity index is 2.47. The Morgan fingerprint density at radius 1 is 1.33 bits per heavy atom. The first-order chi connectivity index (χ1) is 9.88. The summed E-state index contributed by atoms with van der Waals surface area (Å²) in [6, 6.07) is 8.12. The van der Waals surface area contributed by atoms with Crippen LogP contribution in [0.5, 0.6) is 11.6 Å². The van der Waals surface area contributed by atoms with Crippen LogP contribution < -0.4 is 10.5 Å². The molecule has 0 aliphatic heterocycles. The zero-order chi connectivity index (χ0) is 15.6. The van der Waals surface area contributed by atoms with Crippen molar-refractivity contribution >= 4 is 27.4 Å². The molecule has 21 heavy (non-hydrogen) atoms. The molecule has 0 radical (unpaired) electrons. The minimum absolute atomic E-state index is 0.107. The lowest BCUT2D eigenvalue weighted by molar-refractivity contribution is -0.386. The number of anilines is 1. The van der Waals surface area contributed by atoms with E-state index in [1.54, 1.807) is 12.1 Å². The fourth-order valence-corrected chi connectivity index (χ4v) is 2.21. The van der Waals surface area contributed by atoms with Gasteiger partial charge in [-0.15, -0.1) is 0 Å². The van der Waals surface area contributed by atoms with Gasteiger partial charge in [0.15, 0.2) is 0 Å². The van der Waals surface area contributed by atoms with Gasteiger partial charge < -0.3 is 10.5 Å². The van der Waals surface area contributed by atoms with Crippen LogP contribution in [0.1, 0.15) is 25.3 Å². The summed E-state index contributed by atoms with van der Waals surface area (Å²) in [4.78, 5) is 14.4. The van der Waals surface area contributed by atoms with E-state index in [1.807, 2.05) is 19.9 Å². The molecule has 0 aliphatic carbocycles. The number of hydrogen-bond donors (Lipinski definition) is 1. The number of nitro groups is 1. The third-order valence-electron chi connectivity index (χ3n) is 2.86. The van der Waals surface area contributed by atoms with E-state index >= 15 is 0 Å². The quantitative estimate of drug-likeness (QED) is 0.656. The van der Waals surface area contributed by atoms with Crippen molar-refractivity contribution in [1.82, 2.24) is 4.98 Å². The van der Waals surface area contributed by atoms with Crippen molar-refractivity contribution in [1.29, 1.82) is 0 Å². The number of halogens is 1. The molecule has 1 aromatic heterocycles. The molecule has 7 heteroatoms. The maximum absolute atomic E-state index is 11.0. The Bertz CT molecular complexity index is 689. The van der Waals surface area contributed by atoms with Crippen LogP contribution in [0, 0.1) is 10.1 Å². The first-order valence-corrected chi connectivity index (χ1v) is 7.06. The lowest BCUT2D eigenvalue weighted by Gasteiger charge is -2.13. The van der Waals surface area contributed by atoms with Crippen molar-refractivity contribution in [3.63, 3.8) is 0 Å². The molecule has 0 atom stereocenters. The number of nitrogen functional groups attached to an aromatic ring is 1. The molecule has 0 fully saturated rings. The smallest absolute Gasteiger partial charge is 0.331 e. The van der Waals surface area contributed by atoms with Gasteiger partial charge >= 0.3 is 11.6 Å². The summed E-state index contributed by atoms with van der Waals surface area (Å²) >= 11 is 3.40. The van der Waals surface area contributed by atoms with Crippen LogP contribution in [0.25, 0.3) is 0 Å². The molecule has 0 aliphatic rings. The minimum Gasteiger partial charge on any atom is -0.433 e. The van der Waals surface area contributed by atoms with E-state index in [1.165, 1.54) is 12.1 Å². The molecule has 6 nitrogen and oxygen atoms in total. The van der Waals surface area contributed by atoms with Crippen molar-refractivity contribution in [3.05, 3.63) is 50.5 Å². The molecule has 0 saturated heterocycles. The van der Waals surface area contributed by atoms with Crippen molar-refractivity contribution in [2.75, 3.05) is 5.73 Å². The first-order valence-electron chi connectivity index (χ1n) is 6.26. The summed E-state index contributed by atoms with van der Waals surface area (Å²) in [5, 5.41) is 11.0. The van der Waals surface area contributed by atoms with Gasteiger partial charge in [0, 0.05) is 10.5 Å². The normalized spacial score (nSPS) is 10.7.